The molecule has 0 aliphatic carbocycles. The topological polar surface area (TPSA) is 59.1 Å². The summed E-state index contributed by atoms with van der Waals surface area (Å²) in [5.74, 6) is 0.290. The molecule has 2 amide bonds. The fraction of sp³-hybridized carbons (Fsp3) is 0.548. The minimum atomic E-state index is -4.38. The van der Waals surface area contributed by atoms with E-state index < -0.39 is 23.3 Å². The highest BCUT2D eigenvalue weighted by molar-refractivity contribution is 5.79. The lowest BCUT2D eigenvalue weighted by atomic mass is 9.99. The van der Waals surface area contributed by atoms with E-state index in [-0.39, 0.29) is 18.6 Å². The molecule has 1 aliphatic heterocycles. The number of halogens is 3. The Morgan fingerprint density at radius 1 is 1.00 bits per heavy atom. The molecule has 0 unspecified atom stereocenters. The Morgan fingerprint density at radius 3 is 2.30 bits per heavy atom. The number of aryl methyl sites for hydroxylation is 2. The molecular weight excluding hydrogens is 521 g/mol. The van der Waals surface area contributed by atoms with Crippen molar-refractivity contribution in [3.8, 4) is 5.75 Å². The number of alkyl halides is 3. The molecule has 2 aromatic rings. The number of amides is 2. The third-order valence-electron chi connectivity index (χ3n) is 7.27. The van der Waals surface area contributed by atoms with Gasteiger partial charge >= 0.3 is 18.2 Å². The molecule has 40 heavy (non-hydrogen) atoms. The first-order valence-electron chi connectivity index (χ1n) is 14.0. The number of urea groups is 1. The molecule has 6 nitrogen and oxygen atoms in total. The highest BCUT2D eigenvalue weighted by Crippen LogP contribution is 2.30. The molecule has 0 N–H and O–H groups in total. The van der Waals surface area contributed by atoms with Crippen LogP contribution in [0.25, 0.3) is 0 Å². The van der Waals surface area contributed by atoms with E-state index in [1.165, 1.54) is 17.7 Å². The molecule has 0 aromatic heterocycles. The third kappa shape index (κ3) is 8.15. The first-order chi connectivity index (χ1) is 18.9. The van der Waals surface area contributed by atoms with E-state index in [0.717, 1.165) is 56.2 Å². The van der Waals surface area contributed by atoms with E-state index in [4.69, 9.17) is 9.47 Å². The summed E-state index contributed by atoms with van der Waals surface area (Å²) in [5, 5.41) is 0. The number of ether oxygens (including phenoxy) is 2. The van der Waals surface area contributed by atoms with Gasteiger partial charge in [0.1, 0.15) is 5.75 Å². The number of carbonyl (C=O) groups is 2. The standard InChI is InChI=1S/C31H41F3N2O4/c1-6-8-11-24-19-22(15-18-27(24)40-30(3,4)28(37)39-7-2)10-9-12-26-21-36(29(38)35(26)5)20-23-13-16-25(17-14-23)31(32,33)34/h13-19,26H,6-12,20-21H2,1-5H3/t26-/m0/s1. The summed E-state index contributed by atoms with van der Waals surface area (Å²) in [6.07, 6.45) is 1.02. The fourth-order valence-corrected chi connectivity index (χ4v) is 4.88. The summed E-state index contributed by atoms with van der Waals surface area (Å²) >= 11 is 0. The molecule has 3 rings (SSSR count). The smallest absolute Gasteiger partial charge is 0.416 e. The van der Waals surface area contributed by atoms with E-state index in [1.807, 2.05) is 12.1 Å². The van der Waals surface area contributed by atoms with Gasteiger partial charge in [0, 0.05) is 20.1 Å². The van der Waals surface area contributed by atoms with Gasteiger partial charge in [-0.25, -0.2) is 9.59 Å². The van der Waals surface area contributed by atoms with Crippen molar-refractivity contribution in [3.05, 3.63) is 64.7 Å². The highest BCUT2D eigenvalue weighted by Gasteiger charge is 2.35. The fourth-order valence-electron chi connectivity index (χ4n) is 4.88. The lowest BCUT2D eigenvalue weighted by Crippen LogP contribution is -2.40. The van der Waals surface area contributed by atoms with Crippen LogP contribution in [-0.4, -0.2) is 53.6 Å². The third-order valence-corrected chi connectivity index (χ3v) is 7.27. The second-order valence-electron chi connectivity index (χ2n) is 10.9. The number of benzene rings is 2. The predicted molar refractivity (Wildman–Crippen MR) is 148 cm³/mol. The maximum Gasteiger partial charge on any atom is 0.416 e. The zero-order chi connectivity index (χ0) is 29.5. The maximum absolute atomic E-state index is 12.9. The number of likely N-dealkylation sites (N-methyl/N-ethyl adjacent to an activating group) is 1. The average molecular weight is 563 g/mol. The van der Waals surface area contributed by atoms with Gasteiger partial charge in [0.05, 0.1) is 18.2 Å². The molecule has 1 fully saturated rings. The molecule has 220 valence electrons. The number of rotatable bonds is 13. The normalized spacial score (nSPS) is 16.0. The van der Waals surface area contributed by atoms with Gasteiger partial charge in [-0.05, 0) is 87.8 Å². The molecule has 9 heteroatoms. The van der Waals surface area contributed by atoms with Crippen LogP contribution in [0.2, 0.25) is 0 Å². The number of hydrogen-bond donors (Lipinski definition) is 0. The Labute approximate surface area is 235 Å². The molecule has 2 aromatic carbocycles. The van der Waals surface area contributed by atoms with Crippen molar-refractivity contribution in [2.24, 2.45) is 0 Å². The SMILES string of the molecule is CCCCc1cc(CCC[C@H]2CN(Cc3ccc(C(F)(F)F)cc3)C(=O)N2C)ccc1OC(C)(C)C(=O)OCC. The van der Waals surface area contributed by atoms with Crippen molar-refractivity contribution in [3.63, 3.8) is 0 Å². The van der Waals surface area contributed by atoms with Crippen molar-refractivity contribution in [2.45, 2.75) is 90.6 Å². The van der Waals surface area contributed by atoms with Gasteiger partial charge in [-0.1, -0.05) is 37.6 Å². The molecule has 0 bridgehead atoms. The zero-order valence-electron chi connectivity index (χ0n) is 24.1. The first kappa shape index (κ1) is 31.3. The van der Waals surface area contributed by atoms with Gasteiger partial charge in [-0.3, -0.25) is 0 Å². The lowest BCUT2D eigenvalue weighted by Gasteiger charge is -2.26. The van der Waals surface area contributed by atoms with Crippen molar-refractivity contribution in [1.82, 2.24) is 9.80 Å². The van der Waals surface area contributed by atoms with Crippen LogP contribution in [-0.2, 0) is 35.1 Å². The van der Waals surface area contributed by atoms with Crippen LogP contribution in [0.1, 0.15) is 75.6 Å². The van der Waals surface area contributed by atoms with Gasteiger partial charge in [-0.2, -0.15) is 13.2 Å². The summed E-state index contributed by atoms with van der Waals surface area (Å²) in [6.45, 7) is 8.43. The summed E-state index contributed by atoms with van der Waals surface area (Å²) in [7, 11) is 1.78. The van der Waals surface area contributed by atoms with Crippen LogP contribution >= 0.6 is 0 Å². The quantitative estimate of drug-likeness (QED) is 0.246. The molecule has 1 saturated heterocycles. The largest absolute Gasteiger partial charge is 0.476 e. The van der Waals surface area contributed by atoms with Crippen molar-refractivity contribution < 1.29 is 32.2 Å². The number of unbranched alkanes of at least 4 members (excludes halogenated alkanes) is 1. The van der Waals surface area contributed by atoms with Crippen LogP contribution in [0.4, 0.5) is 18.0 Å². The Morgan fingerprint density at radius 2 is 1.68 bits per heavy atom. The Bertz CT molecular complexity index is 1150. The maximum atomic E-state index is 12.9. The monoisotopic (exact) mass is 562 g/mol. The summed E-state index contributed by atoms with van der Waals surface area (Å²) in [6, 6.07) is 11.0. The molecule has 1 atom stereocenters. The second kappa shape index (κ2) is 13.4. The number of hydrogen-bond acceptors (Lipinski definition) is 4. The van der Waals surface area contributed by atoms with Gasteiger partial charge in [0.15, 0.2) is 5.60 Å². The van der Waals surface area contributed by atoms with Gasteiger partial charge in [0.25, 0.3) is 0 Å². The van der Waals surface area contributed by atoms with Gasteiger partial charge < -0.3 is 19.3 Å². The van der Waals surface area contributed by atoms with Crippen molar-refractivity contribution >= 4 is 12.0 Å². The zero-order valence-corrected chi connectivity index (χ0v) is 24.1. The van der Waals surface area contributed by atoms with E-state index in [2.05, 4.69) is 13.0 Å². The Hall–Kier alpha value is -3.23. The molecular formula is C31H41F3N2O4. The first-order valence-corrected chi connectivity index (χ1v) is 14.0. The van der Waals surface area contributed by atoms with Crippen molar-refractivity contribution in [2.75, 3.05) is 20.2 Å². The summed E-state index contributed by atoms with van der Waals surface area (Å²) < 4.78 is 49.8. The molecule has 0 saturated carbocycles. The average Bonchev–Trinajstić information content (AvgIpc) is 3.16. The Balaban J connectivity index is 1.59. The van der Waals surface area contributed by atoms with Crippen LogP contribution < -0.4 is 4.74 Å². The van der Waals surface area contributed by atoms with Gasteiger partial charge in [-0.15, -0.1) is 0 Å². The molecule has 1 heterocycles. The van der Waals surface area contributed by atoms with Crippen LogP contribution in [0.5, 0.6) is 5.75 Å². The lowest BCUT2D eigenvalue weighted by molar-refractivity contribution is -0.158. The molecule has 0 radical (unpaired) electrons. The second-order valence-corrected chi connectivity index (χ2v) is 10.9. The highest BCUT2D eigenvalue weighted by atomic mass is 19.4. The van der Waals surface area contributed by atoms with E-state index >= 15 is 0 Å². The van der Waals surface area contributed by atoms with E-state index in [9.17, 15) is 22.8 Å². The van der Waals surface area contributed by atoms with Crippen LogP contribution in [0, 0.1) is 0 Å². The minimum absolute atomic E-state index is 0.0366. The predicted octanol–water partition coefficient (Wildman–Crippen LogP) is 7.03. The van der Waals surface area contributed by atoms with Crippen molar-refractivity contribution in [1.29, 1.82) is 0 Å². The number of carbonyl (C=O) groups excluding carboxylic acids is 2. The van der Waals surface area contributed by atoms with Gasteiger partial charge in [0.2, 0.25) is 0 Å². The van der Waals surface area contributed by atoms with E-state index in [0.29, 0.717) is 24.5 Å². The molecule has 1 aliphatic rings. The van der Waals surface area contributed by atoms with Crippen LogP contribution in [0.3, 0.4) is 0 Å². The minimum Gasteiger partial charge on any atom is -0.476 e. The van der Waals surface area contributed by atoms with E-state index in [1.54, 1.807) is 37.6 Å². The number of esters is 1. The van der Waals surface area contributed by atoms with Crippen LogP contribution in [0.15, 0.2) is 42.5 Å². The Kier molecular flexibility index (Phi) is 10.5. The summed E-state index contributed by atoms with van der Waals surface area (Å²) in [4.78, 5) is 28.5. The summed E-state index contributed by atoms with van der Waals surface area (Å²) in [5.41, 5.74) is 1.11. The molecule has 0 spiro atoms. The number of nitrogens with zero attached hydrogens (tertiary/aromatic N) is 2.